The van der Waals surface area contributed by atoms with Gasteiger partial charge in [0, 0.05) is 18.0 Å². The van der Waals surface area contributed by atoms with E-state index >= 15 is 0 Å². The molecule has 0 bridgehead atoms. The van der Waals surface area contributed by atoms with Gasteiger partial charge < -0.3 is 20.9 Å². The third-order valence-corrected chi connectivity index (χ3v) is 9.11. The van der Waals surface area contributed by atoms with Crippen LogP contribution in [0.4, 0.5) is 13.2 Å². The molecular formula is C26H36F3N5O4. The second-order valence-corrected chi connectivity index (χ2v) is 13.1. The quantitative estimate of drug-likeness (QED) is 0.475. The summed E-state index contributed by atoms with van der Waals surface area (Å²) in [5.41, 5.74) is -1.53. The number of nitrogens with zero attached hydrogens (tertiary/aromatic N) is 2. The van der Waals surface area contributed by atoms with Crippen LogP contribution in [0.5, 0.6) is 0 Å². The van der Waals surface area contributed by atoms with E-state index in [2.05, 4.69) is 16.7 Å². The zero-order valence-electron chi connectivity index (χ0n) is 22.4. The Morgan fingerprint density at radius 2 is 1.82 bits per heavy atom. The molecule has 6 atom stereocenters. The highest BCUT2D eigenvalue weighted by Crippen LogP contribution is 2.65. The van der Waals surface area contributed by atoms with Crippen molar-refractivity contribution in [1.29, 1.82) is 5.26 Å². The Hall–Kier alpha value is -2.84. The zero-order chi connectivity index (χ0) is 28.4. The number of carbonyl (C=O) groups is 4. The average molecular weight is 540 g/mol. The van der Waals surface area contributed by atoms with Gasteiger partial charge in [-0.3, -0.25) is 19.2 Å². The lowest BCUT2D eigenvalue weighted by molar-refractivity contribution is -0.176. The summed E-state index contributed by atoms with van der Waals surface area (Å²) in [5, 5.41) is 17.3. The van der Waals surface area contributed by atoms with E-state index in [9.17, 15) is 37.6 Å². The van der Waals surface area contributed by atoms with E-state index in [0.29, 0.717) is 6.42 Å². The van der Waals surface area contributed by atoms with Crippen LogP contribution in [-0.4, -0.2) is 64.9 Å². The monoisotopic (exact) mass is 539 g/mol. The maximum absolute atomic E-state index is 13.6. The summed E-state index contributed by atoms with van der Waals surface area (Å²) in [4.78, 5) is 52.6. The first-order valence-corrected chi connectivity index (χ1v) is 13.1. The highest BCUT2D eigenvalue weighted by atomic mass is 19.4. The molecule has 2 saturated heterocycles. The molecule has 2 aliphatic heterocycles. The Morgan fingerprint density at radius 3 is 2.29 bits per heavy atom. The van der Waals surface area contributed by atoms with Crippen LogP contribution in [0.15, 0.2) is 0 Å². The summed E-state index contributed by atoms with van der Waals surface area (Å²) in [6.07, 6.45) is -1.58. The van der Waals surface area contributed by atoms with E-state index in [1.165, 1.54) is 25.7 Å². The molecule has 38 heavy (non-hydrogen) atoms. The highest BCUT2D eigenvalue weighted by molar-refractivity contribution is 5.95. The maximum Gasteiger partial charge on any atom is 0.471 e. The fourth-order valence-electron chi connectivity index (χ4n) is 6.63. The van der Waals surface area contributed by atoms with Crippen molar-refractivity contribution in [3.05, 3.63) is 0 Å². The normalized spacial score (nSPS) is 30.4. The molecule has 0 aromatic rings. The Bertz CT molecular complexity index is 1070. The first-order valence-electron chi connectivity index (χ1n) is 13.1. The van der Waals surface area contributed by atoms with Gasteiger partial charge in [0.1, 0.15) is 18.1 Å². The maximum atomic E-state index is 13.6. The number of hydrogen-bond donors (Lipinski definition) is 3. The van der Waals surface area contributed by atoms with Crippen molar-refractivity contribution in [3.8, 4) is 6.07 Å². The summed E-state index contributed by atoms with van der Waals surface area (Å²) >= 11 is 0. The first-order chi connectivity index (χ1) is 17.4. The molecule has 4 amide bonds. The second-order valence-electron chi connectivity index (χ2n) is 13.1. The van der Waals surface area contributed by atoms with Crippen LogP contribution in [0, 0.1) is 39.9 Å². The third kappa shape index (κ3) is 4.96. The van der Waals surface area contributed by atoms with Crippen molar-refractivity contribution in [2.45, 2.75) is 96.6 Å². The Morgan fingerprint density at radius 1 is 1.18 bits per heavy atom. The lowest BCUT2D eigenvalue weighted by atomic mass is 9.74. The van der Waals surface area contributed by atoms with Crippen LogP contribution in [-0.2, 0) is 19.2 Å². The van der Waals surface area contributed by atoms with Gasteiger partial charge in [-0.2, -0.15) is 18.4 Å². The van der Waals surface area contributed by atoms with E-state index in [4.69, 9.17) is 0 Å². The highest BCUT2D eigenvalue weighted by Gasteiger charge is 2.70. The van der Waals surface area contributed by atoms with Gasteiger partial charge in [0.05, 0.1) is 6.07 Å². The van der Waals surface area contributed by atoms with E-state index < -0.39 is 53.4 Å². The molecule has 0 radical (unpaired) electrons. The minimum Gasteiger partial charge on any atom is -0.350 e. The Balaban J connectivity index is 1.50. The topological polar surface area (TPSA) is 131 Å². The van der Waals surface area contributed by atoms with Crippen molar-refractivity contribution in [3.63, 3.8) is 0 Å². The summed E-state index contributed by atoms with van der Waals surface area (Å²) in [6.45, 7) is 8.69. The predicted molar refractivity (Wildman–Crippen MR) is 129 cm³/mol. The van der Waals surface area contributed by atoms with Gasteiger partial charge >= 0.3 is 12.1 Å². The average Bonchev–Trinajstić information content (AvgIpc) is 3.11. The van der Waals surface area contributed by atoms with Crippen LogP contribution >= 0.6 is 0 Å². The molecule has 4 aliphatic rings. The van der Waals surface area contributed by atoms with E-state index in [1.807, 2.05) is 19.2 Å². The fraction of sp³-hybridized carbons (Fsp3) is 0.808. The number of nitrogens with one attached hydrogen (secondary N) is 3. The Kier molecular flexibility index (Phi) is 6.77. The number of halogens is 3. The molecule has 4 rings (SSSR count). The number of rotatable bonds is 6. The van der Waals surface area contributed by atoms with Crippen molar-refractivity contribution < 1.29 is 32.3 Å². The lowest BCUT2D eigenvalue weighted by Crippen LogP contribution is -2.61. The van der Waals surface area contributed by atoms with Gasteiger partial charge in [0.2, 0.25) is 17.7 Å². The summed E-state index contributed by atoms with van der Waals surface area (Å²) in [5.74, 6) is -4.38. The van der Waals surface area contributed by atoms with Crippen molar-refractivity contribution in [2.24, 2.45) is 28.6 Å². The Labute approximate surface area is 220 Å². The number of hydrogen-bond acceptors (Lipinski definition) is 5. The van der Waals surface area contributed by atoms with Gasteiger partial charge in [0.25, 0.3) is 0 Å². The smallest absolute Gasteiger partial charge is 0.350 e. The number of piperidine rings is 1. The van der Waals surface area contributed by atoms with Crippen LogP contribution in [0.25, 0.3) is 0 Å². The number of likely N-dealkylation sites (tertiary alicyclic amines) is 1. The molecular weight excluding hydrogens is 503 g/mol. The summed E-state index contributed by atoms with van der Waals surface area (Å²) in [7, 11) is 0. The molecule has 0 aromatic heterocycles. The first kappa shape index (κ1) is 28.2. The van der Waals surface area contributed by atoms with Crippen molar-refractivity contribution in [2.75, 3.05) is 6.54 Å². The van der Waals surface area contributed by atoms with Crippen LogP contribution in [0.1, 0.15) is 66.7 Å². The number of amides is 4. The standard InChI is InChI=1S/C26H36F3N5O4/c1-23(2,3)18(32-22(38)26(27,28)29)21(37)34-12-15-16(24(15,4)5)17(34)20(36)31-14(11-30)9-13-10-25(7-6-8-25)33-19(13)35/h13-18H,6-10,12H2,1-5H3,(H,31,36)(H,32,38)(H,33,35)/t13-,14+,15+,16+,17+,18-/m1/s1. The minimum atomic E-state index is -5.17. The molecule has 2 aliphatic carbocycles. The van der Waals surface area contributed by atoms with E-state index in [-0.39, 0.29) is 41.7 Å². The molecule has 210 valence electrons. The van der Waals surface area contributed by atoms with Crippen LogP contribution < -0.4 is 16.0 Å². The molecule has 4 fully saturated rings. The molecule has 9 nitrogen and oxygen atoms in total. The summed E-state index contributed by atoms with van der Waals surface area (Å²) < 4.78 is 39.0. The van der Waals surface area contributed by atoms with E-state index in [0.717, 1.165) is 19.3 Å². The van der Waals surface area contributed by atoms with Gasteiger partial charge in [-0.25, -0.2) is 0 Å². The van der Waals surface area contributed by atoms with Crippen LogP contribution in [0.2, 0.25) is 0 Å². The number of carbonyl (C=O) groups excluding carboxylic acids is 4. The van der Waals surface area contributed by atoms with Gasteiger partial charge in [0.15, 0.2) is 0 Å². The van der Waals surface area contributed by atoms with Gasteiger partial charge in [-0.15, -0.1) is 0 Å². The lowest BCUT2D eigenvalue weighted by Gasteiger charge is -2.38. The predicted octanol–water partition coefficient (Wildman–Crippen LogP) is 2.02. The molecule has 3 N–H and O–H groups in total. The van der Waals surface area contributed by atoms with Gasteiger partial charge in [-0.05, 0) is 54.8 Å². The second kappa shape index (κ2) is 9.12. The molecule has 1 spiro atoms. The van der Waals surface area contributed by atoms with Crippen LogP contribution in [0.3, 0.4) is 0 Å². The van der Waals surface area contributed by atoms with Gasteiger partial charge in [-0.1, -0.05) is 34.6 Å². The molecule has 12 heteroatoms. The molecule has 2 saturated carbocycles. The zero-order valence-corrected chi connectivity index (χ0v) is 22.4. The summed E-state index contributed by atoms with van der Waals surface area (Å²) in [6, 6.07) is -1.42. The molecule has 2 heterocycles. The number of alkyl halides is 3. The molecule has 0 unspecified atom stereocenters. The largest absolute Gasteiger partial charge is 0.471 e. The molecule has 0 aromatic carbocycles. The third-order valence-electron chi connectivity index (χ3n) is 9.11. The number of fused-ring (bicyclic) bond motifs is 1. The van der Waals surface area contributed by atoms with Crippen molar-refractivity contribution in [1.82, 2.24) is 20.9 Å². The number of nitriles is 1. The van der Waals surface area contributed by atoms with E-state index in [1.54, 1.807) is 0 Å². The SMILES string of the molecule is CC(C)(C)[C@H](NC(=O)C(F)(F)F)C(=O)N1C[C@H]2[C@@H]([C@H]1C(=O)N[C@H](C#N)C[C@@H]1CC3(CCC3)NC1=O)C2(C)C. The minimum absolute atomic E-state index is 0.0410. The van der Waals surface area contributed by atoms with Crippen molar-refractivity contribution >= 4 is 23.6 Å². The fourth-order valence-corrected chi connectivity index (χ4v) is 6.63.